The van der Waals surface area contributed by atoms with E-state index in [1.807, 2.05) is 4.90 Å². The average Bonchev–Trinajstić information content (AvgIpc) is 2.38. The molecule has 1 N–H and O–H groups in total. The molecule has 2 aliphatic carbocycles. The van der Waals surface area contributed by atoms with Crippen molar-refractivity contribution in [3.63, 3.8) is 0 Å². The predicted octanol–water partition coefficient (Wildman–Crippen LogP) is 2.81. The van der Waals surface area contributed by atoms with Gasteiger partial charge in [-0.15, -0.1) is 0 Å². The molecule has 0 radical (unpaired) electrons. The highest BCUT2D eigenvalue weighted by molar-refractivity contribution is 6.02. The number of piperidine rings is 1. The van der Waals surface area contributed by atoms with Gasteiger partial charge in [-0.05, 0) is 43.9 Å². The molecular formula is C16H25NO3. The Labute approximate surface area is 120 Å². The second-order valence-corrected chi connectivity index (χ2v) is 7.09. The van der Waals surface area contributed by atoms with Gasteiger partial charge in [-0.3, -0.25) is 9.59 Å². The van der Waals surface area contributed by atoms with Crippen molar-refractivity contribution >= 4 is 11.9 Å². The Morgan fingerprint density at radius 2 is 1.40 bits per heavy atom. The van der Waals surface area contributed by atoms with Crippen molar-refractivity contribution in [3.05, 3.63) is 0 Å². The van der Waals surface area contributed by atoms with E-state index in [0.29, 0.717) is 18.3 Å². The third-order valence-electron chi connectivity index (χ3n) is 6.05. The topological polar surface area (TPSA) is 57.6 Å². The Bertz CT molecular complexity index is 398. The lowest BCUT2D eigenvalue weighted by Gasteiger charge is -2.47. The summed E-state index contributed by atoms with van der Waals surface area (Å²) in [5.41, 5.74) is -0.609. The first-order valence-electron chi connectivity index (χ1n) is 8.11. The lowest BCUT2D eigenvalue weighted by Crippen LogP contribution is -2.55. The van der Waals surface area contributed by atoms with Crippen LogP contribution in [0.25, 0.3) is 0 Å². The molecule has 1 spiro atoms. The number of hydrogen-bond donors (Lipinski definition) is 1. The van der Waals surface area contributed by atoms with Crippen LogP contribution in [0.5, 0.6) is 0 Å². The van der Waals surface area contributed by atoms with Gasteiger partial charge in [0.2, 0.25) is 5.91 Å². The normalized spacial score (nSPS) is 27.9. The first-order valence-corrected chi connectivity index (χ1v) is 8.11. The number of amides is 1. The highest BCUT2D eigenvalue weighted by Gasteiger charge is 2.53. The first kappa shape index (κ1) is 13.9. The zero-order valence-electron chi connectivity index (χ0n) is 12.2. The van der Waals surface area contributed by atoms with E-state index < -0.39 is 11.4 Å². The minimum atomic E-state index is -1.07. The molecule has 112 valence electrons. The molecule has 4 heteroatoms. The summed E-state index contributed by atoms with van der Waals surface area (Å²) in [5, 5.41) is 9.38. The minimum Gasteiger partial charge on any atom is -0.480 e. The van der Waals surface area contributed by atoms with Crippen molar-refractivity contribution in [2.75, 3.05) is 13.1 Å². The van der Waals surface area contributed by atoms with Crippen molar-refractivity contribution in [1.29, 1.82) is 0 Å². The van der Waals surface area contributed by atoms with Gasteiger partial charge in [-0.2, -0.15) is 0 Å². The van der Waals surface area contributed by atoms with Crippen LogP contribution in [0.15, 0.2) is 0 Å². The summed E-state index contributed by atoms with van der Waals surface area (Å²) < 4.78 is 0. The molecule has 3 rings (SSSR count). The number of hydrogen-bond acceptors (Lipinski definition) is 2. The summed E-state index contributed by atoms with van der Waals surface area (Å²) in [6.07, 6.45) is 10.7. The number of likely N-dealkylation sites (tertiary alicyclic amines) is 1. The fourth-order valence-electron chi connectivity index (χ4n) is 4.34. The third-order valence-corrected chi connectivity index (χ3v) is 6.05. The number of carbonyl (C=O) groups excluding carboxylic acids is 1. The van der Waals surface area contributed by atoms with Crippen LogP contribution in [0.3, 0.4) is 0 Å². The first-order chi connectivity index (χ1) is 9.58. The molecule has 1 aliphatic heterocycles. The maximum atomic E-state index is 12.6. The van der Waals surface area contributed by atoms with Gasteiger partial charge in [-0.25, -0.2) is 0 Å². The molecule has 0 atom stereocenters. The van der Waals surface area contributed by atoms with Crippen molar-refractivity contribution in [2.45, 2.75) is 64.2 Å². The van der Waals surface area contributed by atoms with E-state index in [9.17, 15) is 14.7 Å². The van der Waals surface area contributed by atoms with Gasteiger partial charge in [0.15, 0.2) is 0 Å². The van der Waals surface area contributed by atoms with Crippen LogP contribution in [0, 0.1) is 10.8 Å². The lowest BCUT2D eigenvalue weighted by atomic mass is 9.65. The molecule has 1 heterocycles. The molecule has 20 heavy (non-hydrogen) atoms. The molecule has 4 nitrogen and oxygen atoms in total. The number of carboxylic acid groups (broad SMARTS) is 1. The summed E-state index contributed by atoms with van der Waals surface area (Å²) in [7, 11) is 0. The van der Waals surface area contributed by atoms with Gasteiger partial charge in [0.05, 0.1) is 0 Å². The third kappa shape index (κ3) is 2.13. The Kier molecular flexibility index (Phi) is 3.51. The molecule has 0 unspecified atom stereocenters. The Morgan fingerprint density at radius 3 is 1.85 bits per heavy atom. The zero-order chi connectivity index (χ0) is 14.2. The van der Waals surface area contributed by atoms with Crippen LogP contribution in [-0.4, -0.2) is 35.0 Å². The van der Waals surface area contributed by atoms with Crippen LogP contribution < -0.4 is 0 Å². The standard InChI is InChI=1S/C16H25NO3/c18-13(16(14(19)20)7-4-8-16)17-11-9-15(10-12-17)5-2-1-3-6-15/h1-12H2,(H,19,20). The molecular weight excluding hydrogens is 254 g/mol. The van der Waals surface area contributed by atoms with E-state index in [1.165, 1.54) is 32.1 Å². The molecule has 2 saturated carbocycles. The number of rotatable bonds is 2. The van der Waals surface area contributed by atoms with Crippen LogP contribution in [-0.2, 0) is 9.59 Å². The van der Waals surface area contributed by atoms with Crippen molar-refractivity contribution in [2.24, 2.45) is 10.8 Å². The zero-order valence-corrected chi connectivity index (χ0v) is 12.2. The Morgan fingerprint density at radius 1 is 0.800 bits per heavy atom. The lowest BCUT2D eigenvalue weighted by molar-refractivity contribution is -0.168. The summed E-state index contributed by atoms with van der Waals surface area (Å²) in [5.74, 6) is -1.02. The monoisotopic (exact) mass is 279 g/mol. The van der Waals surface area contributed by atoms with E-state index in [1.54, 1.807) is 0 Å². The predicted molar refractivity (Wildman–Crippen MR) is 75.3 cm³/mol. The fraction of sp³-hybridized carbons (Fsp3) is 0.875. The molecule has 0 aromatic heterocycles. The van der Waals surface area contributed by atoms with E-state index in [2.05, 4.69) is 0 Å². The van der Waals surface area contributed by atoms with Crippen LogP contribution >= 0.6 is 0 Å². The summed E-state index contributed by atoms with van der Waals surface area (Å²) in [6.45, 7) is 1.54. The summed E-state index contributed by atoms with van der Waals surface area (Å²) in [4.78, 5) is 25.8. The van der Waals surface area contributed by atoms with E-state index in [-0.39, 0.29) is 5.91 Å². The second-order valence-electron chi connectivity index (χ2n) is 7.09. The van der Waals surface area contributed by atoms with Gasteiger partial charge in [-0.1, -0.05) is 25.7 Å². The van der Waals surface area contributed by atoms with Crippen LogP contribution in [0.1, 0.15) is 64.2 Å². The molecule has 3 fully saturated rings. The van der Waals surface area contributed by atoms with Gasteiger partial charge in [0, 0.05) is 13.1 Å². The highest BCUT2D eigenvalue weighted by atomic mass is 16.4. The van der Waals surface area contributed by atoms with Crippen molar-refractivity contribution < 1.29 is 14.7 Å². The Hall–Kier alpha value is -1.06. The molecule has 0 aromatic rings. The van der Waals surface area contributed by atoms with Gasteiger partial charge in [0.25, 0.3) is 0 Å². The van der Waals surface area contributed by atoms with E-state index in [4.69, 9.17) is 0 Å². The number of nitrogens with zero attached hydrogens (tertiary/aromatic N) is 1. The highest BCUT2D eigenvalue weighted by Crippen LogP contribution is 2.47. The van der Waals surface area contributed by atoms with E-state index >= 15 is 0 Å². The SMILES string of the molecule is O=C(O)C1(C(=O)N2CCC3(CCCCC3)CC2)CCC1. The maximum absolute atomic E-state index is 12.6. The number of carbonyl (C=O) groups is 2. The van der Waals surface area contributed by atoms with Crippen molar-refractivity contribution in [1.82, 2.24) is 4.90 Å². The van der Waals surface area contributed by atoms with Crippen LogP contribution in [0.4, 0.5) is 0 Å². The number of aliphatic carboxylic acids is 1. The van der Waals surface area contributed by atoms with Gasteiger partial charge in [0.1, 0.15) is 5.41 Å². The molecule has 1 amide bonds. The number of carboxylic acids is 1. The summed E-state index contributed by atoms with van der Waals surface area (Å²) in [6, 6.07) is 0. The molecule has 3 aliphatic rings. The summed E-state index contributed by atoms with van der Waals surface area (Å²) >= 11 is 0. The molecule has 0 bridgehead atoms. The smallest absolute Gasteiger partial charge is 0.319 e. The quantitative estimate of drug-likeness (QED) is 0.791. The van der Waals surface area contributed by atoms with Gasteiger partial charge >= 0.3 is 5.97 Å². The maximum Gasteiger partial charge on any atom is 0.319 e. The molecule has 1 saturated heterocycles. The Balaban J connectivity index is 1.63. The second kappa shape index (κ2) is 5.05. The van der Waals surface area contributed by atoms with Crippen molar-refractivity contribution in [3.8, 4) is 0 Å². The van der Waals surface area contributed by atoms with Crippen LogP contribution in [0.2, 0.25) is 0 Å². The fourth-order valence-corrected chi connectivity index (χ4v) is 4.34. The van der Waals surface area contributed by atoms with E-state index in [0.717, 1.165) is 32.4 Å². The van der Waals surface area contributed by atoms with Gasteiger partial charge < -0.3 is 10.0 Å². The minimum absolute atomic E-state index is 0.109. The molecule has 0 aromatic carbocycles. The largest absolute Gasteiger partial charge is 0.480 e. The average molecular weight is 279 g/mol.